The number of aromatic nitrogens is 4. The number of halogens is 1. The van der Waals surface area contributed by atoms with E-state index in [1.807, 2.05) is 30.5 Å². The smallest absolute Gasteiger partial charge is 0.408 e. The number of nitrogens with one attached hydrogen (secondary N) is 1. The second kappa shape index (κ2) is 12.1. The first-order valence-electron chi connectivity index (χ1n) is 14.1. The second-order valence-electron chi connectivity index (χ2n) is 11.5. The molecule has 5 rings (SSSR count). The molecule has 4 aromatic rings. The number of hydrogen-bond donors (Lipinski definition) is 3. The number of fused-ring (bicyclic) bond motifs is 1. The molecule has 0 saturated carbocycles. The first-order valence-corrected chi connectivity index (χ1v) is 14.5. The van der Waals surface area contributed by atoms with E-state index in [0.29, 0.717) is 60.0 Å². The lowest BCUT2D eigenvalue weighted by Gasteiger charge is -2.42. The molecule has 0 bridgehead atoms. The molecule has 0 aliphatic carbocycles. The van der Waals surface area contributed by atoms with Crippen LogP contribution in [0.1, 0.15) is 27.7 Å². The minimum absolute atomic E-state index is 0.224. The number of carbonyl (C=O) groups is 2. The fraction of sp³-hybridized carbons (Fsp3) is 0.367. The lowest BCUT2D eigenvalue weighted by atomic mass is 10.0. The van der Waals surface area contributed by atoms with E-state index in [1.165, 1.54) is 11.1 Å². The predicted molar refractivity (Wildman–Crippen MR) is 170 cm³/mol. The van der Waals surface area contributed by atoms with Crippen molar-refractivity contribution in [3.8, 4) is 17.0 Å². The number of carbonyl (C=O) groups excluding carboxylic acids is 1. The van der Waals surface area contributed by atoms with Crippen LogP contribution in [0.2, 0.25) is 5.02 Å². The maximum atomic E-state index is 13.2. The molecule has 14 heteroatoms. The first-order chi connectivity index (χ1) is 20.9. The minimum atomic E-state index is -1.12. The summed E-state index contributed by atoms with van der Waals surface area (Å²) >= 11 is 6.48. The van der Waals surface area contributed by atoms with Crippen LogP contribution in [0, 0.1) is 0 Å². The largest absolute Gasteiger partial charge is 0.494 e. The van der Waals surface area contributed by atoms with Gasteiger partial charge in [0.25, 0.3) is 0 Å². The highest BCUT2D eigenvalue weighted by Gasteiger charge is 2.37. The van der Waals surface area contributed by atoms with E-state index < -0.39 is 17.7 Å². The Labute approximate surface area is 260 Å². The van der Waals surface area contributed by atoms with Gasteiger partial charge in [-0.05, 0) is 45.9 Å². The molecule has 1 aliphatic heterocycles. The number of nitrogens with zero attached hydrogens (tertiary/aromatic N) is 7. The Kier molecular flexibility index (Phi) is 8.42. The quantitative estimate of drug-likeness (QED) is 0.249. The molecule has 0 unspecified atom stereocenters. The summed E-state index contributed by atoms with van der Waals surface area (Å²) < 4.78 is 7.44. The van der Waals surface area contributed by atoms with Gasteiger partial charge >= 0.3 is 6.09 Å². The lowest BCUT2D eigenvalue weighted by molar-refractivity contribution is -0.137. The van der Waals surface area contributed by atoms with Gasteiger partial charge in [0.05, 0.1) is 52.8 Å². The topological polar surface area (TPSA) is 154 Å². The molecule has 1 fully saturated rings. The van der Waals surface area contributed by atoms with Gasteiger partial charge in [-0.25, -0.2) is 19.3 Å². The molecule has 4 heterocycles. The Morgan fingerprint density at radius 1 is 1.16 bits per heavy atom. The number of piperazine rings is 1. The van der Waals surface area contributed by atoms with Crippen LogP contribution < -0.4 is 20.7 Å². The van der Waals surface area contributed by atoms with Crippen molar-refractivity contribution in [3.05, 3.63) is 53.9 Å². The van der Waals surface area contributed by atoms with Gasteiger partial charge in [-0.1, -0.05) is 17.7 Å². The minimum Gasteiger partial charge on any atom is -0.494 e. The average Bonchev–Trinajstić information content (AvgIpc) is 3.41. The van der Waals surface area contributed by atoms with Crippen molar-refractivity contribution in [2.75, 3.05) is 49.2 Å². The normalized spacial score (nSPS) is 14.4. The van der Waals surface area contributed by atoms with Gasteiger partial charge < -0.3 is 30.7 Å². The Morgan fingerprint density at radius 2 is 1.89 bits per heavy atom. The molecule has 44 heavy (non-hydrogen) atoms. The summed E-state index contributed by atoms with van der Waals surface area (Å²) in [5.74, 6) is 0.607. The van der Waals surface area contributed by atoms with Gasteiger partial charge in [0.2, 0.25) is 11.9 Å². The van der Waals surface area contributed by atoms with Crippen molar-refractivity contribution in [1.82, 2.24) is 29.4 Å². The Morgan fingerprint density at radius 3 is 2.55 bits per heavy atom. The third-order valence-corrected chi connectivity index (χ3v) is 7.90. The van der Waals surface area contributed by atoms with Gasteiger partial charge in [-0.3, -0.25) is 9.69 Å². The van der Waals surface area contributed by atoms with Gasteiger partial charge in [0.1, 0.15) is 11.8 Å². The highest BCUT2D eigenvalue weighted by Crippen LogP contribution is 2.38. The molecule has 4 N–H and O–H groups in total. The maximum Gasteiger partial charge on any atom is 0.408 e. The van der Waals surface area contributed by atoms with E-state index in [2.05, 4.69) is 25.3 Å². The molecule has 232 valence electrons. The van der Waals surface area contributed by atoms with Crippen LogP contribution in [0.25, 0.3) is 16.8 Å². The van der Waals surface area contributed by atoms with Crippen LogP contribution in [0.4, 0.5) is 27.8 Å². The number of rotatable bonds is 7. The Bertz CT molecular complexity index is 1700. The summed E-state index contributed by atoms with van der Waals surface area (Å²) in [4.78, 5) is 39.1. The molecule has 0 spiro atoms. The van der Waals surface area contributed by atoms with E-state index in [0.717, 1.165) is 16.8 Å². The molecule has 3 aromatic heterocycles. The first kappa shape index (κ1) is 30.7. The maximum absolute atomic E-state index is 13.2. The van der Waals surface area contributed by atoms with Crippen LogP contribution in [-0.4, -0.2) is 91.4 Å². The third kappa shape index (κ3) is 6.00. The van der Waals surface area contributed by atoms with E-state index >= 15 is 0 Å². The Balaban J connectivity index is 1.32. The molecule has 1 atom stereocenters. The number of carboxylic acid groups (broad SMARTS) is 1. The van der Waals surface area contributed by atoms with Gasteiger partial charge in [0, 0.05) is 49.5 Å². The van der Waals surface area contributed by atoms with Crippen LogP contribution in [0.5, 0.6) is 5.75 Å². The molecule has 1 saturated heterocycles. The van der Waals surface area contributed by atoms with Crippen molar-refractivity contribution in [2.45, 2.75) is 39.3 Å². The molecule has 0 radical (unpaired) electrons. The average molecular weight is 622 g/mol. The lowest BCUT2D eigenvalue weighted by Crippen LogP contribution is -2.59. The highest BCUT2D eigenvalue weighted by molar-refractivity contribution is 6.33. The summed E-state index contributed by atoms with van der Waals surface area (Å²) in [5, 5.41) is 17.7. The number of methoxy groups -OCH3 is 1. The predicted octanol–water partition coefficient (Wildman–Crippen LogP) is 4.59. The Hall–Kier alpha value is -4.78. The van der Waals surface area contributed by atoms with E-state index in [4.69, 9.17) is 22.1 Å². The fourth-order valence-electron chi connectivity index (χ4n) is 5.56. The monoisotopic (exact) mass is 621 g/mol. The third-order valence-electron chi connectivity index (χ3n) is 7.63. The molecular weight excluding hydrogens is 586 g/mol. The van der Waals surface area contributed by atoms with Gasteiger partial charge in [0.15, 0.2) is 0 Å². The zero-order valence-corrected chi connectivity index (χ0v) is 26.0. The summed E-state index contributed by atoms with van der Waals surface area (Å²) in [6.45, 7) is 8.84. The standard InChI is InChI=1S/C30H36ClN9O4/c1-18(40(29(42)43)30(2,3)4)27(41)38-12-10-37(11-13-38)24-15-25(44-5)22(14-21(24)32)35-28-33-17-20(31)26(36-28)19-16-34-39-9-7-6-8-23(19)39/h6-9,14-18H,10-13,32H2,1-5H3,(H,42,43)(H,33,35,36)/t18-/m0/s1. The fourth-order valence-corrected chi connectivity index (χ4v) is 5.75. The molecule has 2 amide bonds. The van der Waals surface area contributed by atoms with Crippen LogP contribution in [0.15, 0.2) is 48.9 Å². The van der Waals surface area contributed by atoms with Crippen molar-refractivity contribution in [1.29, 1.82) is 0 Å². The van der Waals surface area contributed by atoms with Crippen molar-refractivity contribution < 1.29 is 19.4 Å². The molecule has 1 aliphatic rings. The van der Waals surface area contributed by atoms with Crippen molar-refractivity contribution in [2.24, 2.45) is 0 Å². The number of ether oxygens (including phenoxy) is 1. The number of amides is 2. The number of hydrogen-bond acceptors (Lipinski definition) is 9. The van der Waals surface area contributed by atoms with Gasteiger partial charge in [-0.15, -0.1) is 0 Å². The van der Waals surface area contributed by atoms with Gasteiger partial charge in [-0.2, -0.15) is 5.10 Å². The van der Waals surface area contributed by atoms with E-state index in [1.54, 1.807) is 56.5 Å². The van der Waals surface area contributed by atoms with E-state index in [-0.39, 0.29) is 5.91 Å². The van der Waals surface area contributed by atoms with Crippen LogP contribution >= 0.6 is 11.6 Å². The molecule has 13 nitrogen and oxygen atoms in total. The SMILES string of the molecule is COc1cc(N2CCN(C(=O)[C@H](C)N(C(=O)O)C(C)(C)C)CC2)c(N)cc1Nc1ncc(Cl)c(-c2cnn3ccccc23)n1. The number of anilines is 4. The van der Waals surface area contributed by atoms with E-state index in [9.17, 15) is 14.7 Å². The zero-order chi connectivity index (χ0) is 31.8. The summed E-state index contributed by atoms with van der Waals surface area (Å²) in [7, 11) is 1.56. The van der Waals surface area contributed by atoms with Crippen LogP contribution in [0.3, 0.4) is 0 Å². The molecule has 1 aromatic carbocycles. The number of benzene rings is 1. The summed E-state index contributed by atoms with van der Waals surface area (Å²) in [6.07, 6.45) is 3.96. The molecular formula is C30H36ClN9O4. The van der Waals surface area contributed by atoms with Crippen molar-refractivity contribution in [3.63, 3.8) is 0 Å². The zero-order valence-electron chi connectivity index (χ0n) is 25.3. The number of nitrogens with two attached hydrogens (primary N) is 1. The van der Waals surface area contributed by atoms with Crippen molar-refractivity contribution >= 4 is 52.1 Å². The van der Waals surface area contributed by atoms with Crippen LogP contribution in [-0.2, 0) is 4.79 Å². The highest BCUT2D eigenvalue weighted by atomic mass is 35.5. The number of pyridine rings is 1. The second-order valence-corrected chi connectivity index (χ2v) is 11.9. The summed E-state index contributed by atoms with van der Waals surface area (Å²) in [6, 6.07) is 8.53. The summed E-state index contributed by atoms with van der Waals surface area (Å²) in [5.41, 5.74) is 9.80. The number of nitrogen functional groups attached to an aromatic ring is 1.